The van der Waals surface area contributed by atoms with Crippen molar-refractivity contribution < 1.29 is 9.53 Å². The first-order valence-electron chi connectivity index (χ1n) is 5.06. The summed E-state index contributed by atoms with van der Waals surface area (Å²) in [6, 6.07) is 5.59. The Morgan fingerprint density at radius 3 is 2.75 bits per heavy atom. The number of carbonyl (C=O) groups is 1. The molecule has 0 fully saturated rings. The number of Topliss-reactive ketones (excluding diaryl/α,β-unsaturated/α-hetero) is 1. The molecule has 16 heavy (non-hydrogen) atoms. The van der Waals surface area contributed by atoms with Crippen molar-refractivity contribution in [1.82, 2.24) is 0 Å². The molecule has 0 aliphatic heterocycles. The van der Waals surface area contributed by atoms with E-state index in [9.17, 15) is 4.79 Å². The van der Waals surface area contributed by atoms with E-state index in [1.165, 1.54) is 6.92 Å². The quantitative estimate of drug-likeness (QED) is 0.772. The van der Waals surface area contributed by atoms with Crippen LogP contribution in [0.2, 0.25) is 0 Å². The van der Waals surface area contributed by atoms with Crippen molar-refractivity contribution in [3.63, 3.8) is 0 Å². The van der Waals surface area contributed by atoms with Crippen LogP contribution in [0.25, 0.3) is 0 Å². The largest absolute Gasteiger partial charge is 0.494 e. The van der Waals surface area contributed by atoms with Gasteiger partial charge in [0.15, 0.2) is 5.78 Å². The zero-order valence-electron chi connectivity index (χ0n) is 9.30. The molecule has 0 radical (unpaired) electrons. The van der Waals surface area contributed by atoms with E-state index in [0.717, 1.165) is 16.9 Å². The number of ketones is 1. The van der Waals surface area contributed by atoms with E-state index >= 15 is 0 Å². The summed E-state index contributed by atoms with van der Waals surface area (Å²) in [4.78, 5) is 11.3. The molecule has 0 bridgehead atoms. The lowest BCUT2D eigenvalue weighted by Gasteiger charge is -2.15. The topological polar surface area (TPSA) is 26.3 Å². The maximum absolute atomic E-state index is 11.3. The van der Waals surface area contributed by atoms with Crippen LogP contribution in [0.3, 0.4) is 0 Å². The zero-order valence-corrected chi connectivity index (χ0v) is 11.6. The van der Waals surface area contributed by atoms with Gasteiger partial charge in [-0.1, -0.05) is 28.1 Å². The third-order valence-corrected chi connectivity index (χ3v) is 3.34. The fourth-order valence-electron chi connectivity index (χ4n) is 1.47. The van der Waals surface area contributed by atoms with Crippen molar-refractivity contribution in [2.45, 2.75) is 24.6 Å². The number of carbonyl (C=O) groups excluding carboxylic acids is 1. The molecule has 88 valence electrons. The smallest absolute Gasteiger partial charge is 0.152 e. The van der Waals surface area contributed by atoms with Crippen LogP contribution in [0.1, 0.15) is 30.4 Å². The van der Waals surface area contributed by atoms with Crippen LogP contribution in [0, 0.1) is 0 Å². The van der Waals surface area contributed by atoms with Crippen molar-refractivity contribution in [2.75, 3.05) is 6.61 Å². The molecule has 0 saturated heterocycles. The van der Waals surface area contributed by atoms with Crippen LogP contribution in [0.5, 0.6) is 5.75 Å². The minimum absolute atomic E-state index is 0.0579. The number of ether oxygens (including phenoxy) is 1. The normalized spacial score (nSPS) is 12.2. The van der Waals surface area contributed by atoms with Gasteiger partial charge in [0.05, 0.1) is 6.61 Å². The van der Waals surface area contributed by atoms with E-state index in [2.05, 4.69) is 15.9 Å². The second kappa shape index (κ2) is 6.26. The highest BCUT2D eigenvalue weighted by atomic mass is 79.9. The van der Waals surface area contributed by atoms with E-state index < -0.39 is 5.38 Å². The van der Waals surface area contributed by atoms with Gasteiger partial charge in [0.25, 0.3) is 0 Å². The molecule has 0 aliphatic carbocycles. The van der Waals surface area contributed by atoms with Crippen molar-refractivity contribution >= 4 is 33.3 Å². The summed E-state index contributed by atoms with van der Waals surface area (Å²) in [5, 5.41) is 0.0163. The Kier molecular flexibility index (Phi) is 5.29. The predicted octanol–water partition coefficient (Wildman–Crippen LogP) is 3.85. The van der Waals surface area contributed by atoms with Crippen LogP contribution in [-0.4, -0.2) is 12.4 Å². The number of rotatable bonds is 5. The Morgan fingerprint density at radius 2 is 2.25 bits per heavy atom. The molecular formula is C12H14BrClO2. The first-order chi connectivity index (χ1) is 7.61. The maximum Gasteiger partial charge on any atom is 0.152 e. The molecule has 0 saturated carbocycles. The fourth-order valence-corrected chi connectivity index (χ4v) is 2.28. The Balaban J connectivity index is 3.17. The summed E-state index contributed by atoms with van der Waals surface area (Å²) < 4.78 is 5.50. The highest BCUT2D eigenvalue weighted by Gasteiger charge is 2.18. The van der Waals surface area contributed by atoms with Crippen LogP contribution < -0.4 is 4.74 Å². The monoisotopic (exact) mass is 304 g/mol. The average molecular weight is 306 g/mol. The number of alkyl halides is 2. The highest BCUT2D eigenvalue weighted by molar-refractivity contribution is 9.08. The van der Waals surface area contributed by atoms with Gasteiger partial charge in [0.1, 0.15) is 11.1 Å². The molecule has 1 unspecified atom stereocenters. The van der Waals surface area contributed by atoms with Gasteiger partial charge >= 0.3 is 0 Å². The van der Waals surface area contributed by atoms with Crippen LogP contribution >= 0.6 is 27.5 Å². The van der Waals surface area contributed by atoms with Crippen LogP contribution in [0.15, 0.2) is 18.2 Å². The SMILES string of the molecule is CCOc1cccc(C(Cl)C(C)=O)c1CBr. The minimum atomic E-state index is -0.604. The van der Waals surface area contributed by atoms with E-state index in [1.54, 1.807) is 0 Å². The lowest BCUT2D eigenvalue weighted by molar-refractivity contribution is -0.116. The molecule has 0 heterocycles. The Hall–Kier alpha value is -0.540. The summed E-state index contributed by atoms with van der Waals surface area (Å²) in [6.07, 6.45) is 0. The first kappa shape index (κ1) is 13.5. The van der Waals surface area contributed by atoms with E-state index in [-0.39, 0.29) is 5.78 Å². The Morgan fingerprint density at radius 1 is 1.56 bits per heavy atom. The molecule has 0 amide bonds. The summed E-state index contributed by atoms with van der Waals surface area (Å²) >= 11 is 9.47. The molecule has 0 spiro atoms. The average Bonchev–Trinajstić information content (AvgIpc) is 2.28. The minimum Gasteiger partial charge on any atom is -0.494 e. The third-order valence-electron chi connectivity index (χ3n) is 2.23. The number of halogens is 2. The number of benzene rings is 1. The van der Waals surface area contributed by atoms with Gasteiger partial charge < -0.3 is 4.74 Å². The van der Waals surface area contributed by atoms with Crippen molar-refractivity contribution in [1.29, 1.82) is 0 Å². The number of hydrogen-bond acceptors (Lipinski definition) is 2. The van der Waals surface area contributed by atoms with Crippen molar-refractivity contribution in [3.8, 4) is 5.75 Å². The molecule has 4 heteroatoms. The van der Waals surface area contributed by atoms with E-state index in [4.69, 9.17) is 16.3 Å². The van der Waals surface area contributed by atoms with Gasteiger partial charge in [-0.15, -0.1) is 11.6 Å². The Bertz CT molecular complexity index is 379. The summed E-state index contributed by atoms with van der Waals surface area (Å²) in [5.41, 5.74) is 1.76. The molecule has 0 N–H and O–H groups in total. The van der Waals surface area contributed by atoms with E-state index in [1.807, 2.05) is 25.1 Å². The van der Waals surface area contributed by atoms with E-state index in [0.29, 0.717) is 11.9 Å². The first-order valence-corrected chi connectivity index (χ1v) is 6.62. The van der Waals surface area contributed by atoms with Gasteiger partial charge in [0.2, 0.25) is 0 Å². The molecular weight excluding hydrogens is 291 g/mol. The standard InChI is InChI=1S/C12H14BrClO2/c1-3-16-11-6-4-5-9(10(11)7-13)12(14)8(2)15/h4-6,12H,3,7H2,1-2H3. The molecule has 1 aromatic carbocycles. The summed E-state index contributed by atoms with van der Waals surface area (Å²) in [7, 11) is 0. The number of hydrogen-bond donors (Lipinski definition) is 0. The second-order valence-electron chi connectivity index (χ2n) is 3.36. The van der Waals surface area contributed by atoms with Gasteiger partial charge in [-0.2, -0.15) is 0 Å². The third kappa shape index (κ3) is 2.98. The summed E-state index contributed by atoms with van der Waals surface area (Å²) in [6.45, 7) is 4.01. The van der Waals surface area contributed by atoms with Crippen LogP contribution in [-0.2, 0) is 10.1 Å². The molecule has 2 nitrogen and oxygen atoms in total. The summed E-state index contributed by atoms with van der Waals surface area (Å²) in [5.74, 6) is 0.723. The highest BCUT2D eigenvalue weighted by Crippen LogP contribution is 2.32. The van der Waals surface area contributed by atoms with Gasteiger partial charge in [-0.25, -0.2) is 0 Å². The van der Waals surface area contributed by atoms with Crippen LogP contribution in [0.4, 0.5) is 0 Å². The van der Waals surface area contributed by atoms with Gasteiger partial charge in [-0.3, -0.25) is 4.79 Å². The lowest BCUT2D eigenvalue weighted by atomic mass is 10.0. The maximum atomic E-state index is 11.3. The molecule has 1 aromatic rings. The molecule has 0 aromatic heterocycles. The fraction of sp³-hybridized carbons (Fsp3) is 0.417. The molecule has 0 aliphatic rings. The predicted molar refractivity (Wildman–Crippen MR) is 69.5 cm³/mol. The lowest BCUT2D eigenvalue weighted by Crippen LogP contribution is -2.06. The molecule has 1 rings (SSSR count). The van der Waals surface area contributed by atoms with Crippen molar-refractivity contribution in [3.05, 3.63) is 29.3 Å². The zero-order chi connectivity index (χ0) is 12.1. The van der Waals surface area contributed by atoms with Gasteiger partial charge in [-0.05, 0) is 25.5 Å². The Labute approximate surface area is 109 Å². The molecule has 1 atom stereocenters. The second-order valence-corrected chi connectivity index (χ2v) is 4.36. The van der Waals surface area contributed by atoms with Gasteiger partial charge in [0, 0.05) is 10.9 Å². The van der Waals surface area contributed by atoms with Crippen molar-refractivity contribution in [2.24, 2.45) is 0 Å².